The molecule has 0 bridgehead atoms. The fourth-order valence-electron chi connectivity index (χ4n) is 1.35. The quantitative estimate of drug-likeness (QED) is 0.649. The smallest absolute Gasteiger partial charge is 0.123 e. The summed E-state index contributed by atoms with van der Waals surface area (Å²) in [5.41, 5.74) is 0.940. The molecule has 1 aromatic carbocycles. The summed E-state index contributed by atoms with van der Waals surface area (Å²) in [6, 6.07) is 6.18. The van der Waals surface area contributed by atoms with Crippen LogP contribution in [0.4, 0.5) is 4.39 Å². The number of β-amino-alcohol motifs (C(OH)–C–C–N with tert-alkyl or cyclic N) is 1. The number of aliphatic hydroxyl groups excluding tert-OH is 1. The summed E-state index contributed by atoms with van der Waals surface area (Å²) < 4.78 is 12.5. The van der Waals surface area contributed by atoms with Gasteiger partial charge in [-0.3, -0.25) is 0 Å². The van der Waals surface area contributed by atoms with E-state index < -0.39 is 0 Å². The molecule has 2 atom stereocenters. The van der Waals surface area contributed by atoms with Gasteiger partial charge in [-0.05, 0) is 17.7 Å². The van der Waals surface area contributed by atoms with Gasteiger partial charge in [0.1, 0.15) is 5.82 Å². The predicted molar refractivity (Wildman–Crippen MR) is 43.2 cm³/mol. The SMILES string of the molecule is OC1CNC1c1ccc(F)cc1. The molecule has 2 N–H and O–H groups in total. The third-order valence-electron chi connectivity index (χ3n) is 2.16. The zero-order chi connectivity index (χ0) is 8.55. The van der Waals surface area contributed by atoms with E-state index in [2.05, 4.69) is 5.32 Å². The average molecular weight is 167 g/mol. The summed E-state index contributed by atoms with van der Waals surface area (Å²) in [6.45, 7) is 0.627. The zero-order valence-corrected chi connectivity index (χ0v) is 6.50. The second-order valence-corrected chi connectivity index (χ2v) is 3.00. The van der Waals surface area contributed by atoms with Gasteiger partial charge >= 0.3 is 0 Å². The summed E-state index contributed by atoms with van der Waals surface area (Å²) in [7, 11) is 0. The number of rotatable bonds is 1. The molecule has 64 valence electrons. The maximum absolute atomic E-state index is 12.5. The van der Waals surface area contributed by atoms with Gasteiger partial charge in [-0.15, -0.1) is 0 Å². The van der Waals surface area contributed by atoms with Crippen LogP contribution in [0.5, 0.6) is 0 Å². The Labute approximate surface area is 70.0 Å². The highest BCUT2D eigenvalue weighted by Crippen LogP contribution is 2.23. The number of hydrogen-bond acceptors (Lipinski definition) is 2. The lowest BCUT2D eigenvalue weighted by atomic mass is 9.95. The van der Waals surface area contributed by atoms with Crippen molar-refractivity contribution in [2.75, 3.05) is 6.54 Å². The average Bonchev–Trinajstić information content (AvgIpc) is 2.06. The fraction of sp³-hybridized carbons (Fsp3) is 0.333. The Hall–Kier alpha value is -0.930. The van der Waals surface area contributed by atoms with Crippen LogP contribution < -0.4 is 5.32 Å². The van der Waals surface area contributed by atoms with Gasteiger partial charge in [0.15, 0.2) is 0 Å². The molecule has 0 saturated carbocycles. The normalized spacial score (nSPS) is 28.2. The summed E-state index contributed by atoms with van der Waals surface area (Å²) in [5, 5.41) is 12.3. The molecule has 3 heteroatoms. The van der Waals surface area contributed by atoms with Gasteiger partial charge < -0.3 is 10.4 Å². The maximum atomic E-state index is 12.5. The largest absolute Gasteiger partial charge is 0.390 e. The summed E-state index contributed by atoms with van der Waals surface area (Å²) in [6.07, 6.45) is -0.324. The predicted octanol–water partition coefficient (Wildman–Crippen LogP) is 0.831. The molecule has 1 aromatic rings. The first kappa shape index (κ1) is 7.71. The highest BCUT2D eigenvalue weighted by Gasteiger charge is 2.29. The Balaban J connectivity index is 2.18. The molecule has 2 unspecified atom stereocenters. The van der Waals surface area contributed by atoms with Crippen molar-refractivity contribution in [2.24, 2.45) is 0 Å². The highest BCUT2D eigenvalue weighted by molar-refractivity contribution is 5.23. The van der Waals surface area contributed by atoms with Crippen molar-refractivity contribution in [1.82, 2.24) is 5.32 Å². The van der Waals surface area contributed by atoms with Crippen molar-refractivity contribution in [3.8, 4) is 0 Å². The van der Waals surface area contributed by atoms with Gasteiger partial charge in [-0.1, -0.05) is 12.1 Å². The van der Waals surface area contributed by atoms with Gasteiger partial charge in [0.05, 0.1) is 12.1 Å². The Bertz CT molecular complexity index is 272. The van der Waals surface area contributed by atoms with Crippen LogP contribution in [-0.4, -0.2) is 17.8 Å². The molecular formula is C9H10FNO. The summed E-state index contributed by atoms with van der Waals surface area (Å²) >= 11 is 0. The molecule has 0 aromatic heterocycles. The molecule has 0 radical (unpaired) electrons. The van der Waals surface area contributed by atoms with Crippen LogP contribution in [0.1, 0.15) is 11.6 Å². The molecule has 1 aliphatic rings. The minimum Gasteiger partial charge on any atom is -0.390 e. The van der Waals surface area contributed by atoms with E-state index in [0.717, 1.165) is 5.56 Å². The molecule has 1 saturated heterocycles. The van der Waals surface area contributed by atoms with Gasteiger partial charge in [0, 0.05) is 6.54 Å². The lowest BCUT2D eigenvalue weighted by molar-refractivity contribution is 0.0611. The Morgan fingerprint density at radius 3 is 2.42 bits per heavy atom. The third kappa shape index (κ3) is 1.21. The molecular weight excluding hydrogens is 157 g/mol. The van der Waals surface area contributed by atoms with Crippen LogP contribution in [0.15, 0.2) is 24.3 Å². The van der Waals surface area contributed by atoms with Gasteiger partial charge in [0.25, 0.3) is 0 Å². The first-order valence-electron chi connectivity index (χ1n) is 3.94. The van der Waals surface area contributed by atoms with Crippen LogP contribution >= 0.6 is 0 Å². The van der Waals surface area contributed by atoms with Crippen LogP contribution in [0.2, 0.25) is 0 Å². The van der Waals surface area contributed by atoms with Crippen molar-refractivity contribution in [1.29, 1.82) is 0 Å². The Morgan fingerprint density at radius 1 is 1.33 bits per heavy atom. The van der Waals surface area contributed by atoms with Crippen LogP contribution in [0, 0.1) is 5.82 Å². The zero-order valence-electron chi connectivity index (χ0n) is 6.50. The Kier molecular flexibility index (Phi) is 1.83. The highest BCUT2D eigenvalue weighted by atomic mass is 19.1. The molecule has 0 spiro atoms. The van der Waals surface area contributed by atoms with Gasteiger partial charge in [-0.25, -0.2) is 4.39 Å². The van der Waals surface area contributed by atoms with Gasteiger partial charge in [0.2, 0.25) is 0 Å². The maximum Gasteiger partial charge on any atom is 0.123 e. The number of halogens is 1. The van der Waals surface area contributed by atoms with E-state index in [-0.39, 0.29) is 18.0 Å². The van der Waals surface area contributed by atoms with E-state index in [4.69, 9.17) is 0 Å². The van der Waals surface area contributed by atoms with E-state index >= 15 is 0 Å². The van der Waals surface area contributed by atoms with Crippen molar-refractivity contribution < 1.29 is 9.50 Å². The third-order valence-corrected chi connectivity index (χ3v) is 2.16. The lowest BCUT2D eigenvalue weighted by Gasteiger charge is -2.34. The van der Waals surface area contributed by atoms with Crippen molar-refractivity contribution in [3.05, 3.63) is 35.6 Å². The molecule has 12 heavy (non-hydrogen) atoms. The molecule has 1 heterocycles. The molecule has 1 aliphatic heterocycles. The number of aliphatic hydroxyl groups is 1. The second kappa shape index (κ2) is 2.84. The molecule has 0 aliphatic carbocycles. The van der Waals surface area contributed by atoms with E-state index in [1.165, 1.54) is 12.1 Å². The Morgan fingerprint density at radius 2 is 2.00 bits per heavy atom. The minimum absolute atomic E-state index is 0.00870. The van der Waals surface area contributed by atoms with Crippen molar-refractivity contribution in [3.63, 3.8) is 0 Å². The van der Waals surface area contributed by atoms with E-state index in [1.54, 1.807) is 12.1 Å². The fourth-order valence-corrected chi connectivity index (χ4v) is 1.35. The second-order valence-electron chi connectivity index (χ2n) is 3.00. The molecule has 2 rings (SSSR count). The van der Waals surface area contributed by atoms with E-state index in [0.29, 0.717) is 6.54 Å². The summed E-state index contributed by atoms with van der Waals surface area (Å²) in [4.78, 5) is 0. The standard InChI is InChI=1S/C9H10FNO/c10-7-3-1-6(2-4-7)9-8(12)5-11-9/h1-4,8-9,11-12H,5H2. The van der Waals surface area contributed by atoms with Gasteiger partial charge in [-0.2, -0.15) is 0 Å². The van der Waals surface area contributed by atoms with E-state index in [9.17, 15) is 9.50 Å². The molecule has 0 amide bonds. The number of benzene rings is 1. The number of nitrogens with one attached hydrogen (secondary N) is 1. The van der Waals surface area contributed by atoms with E-state index in [1.807, 2.05) is 0 Å². The van der Waals surface area contributed by atoms with Crippen molar-refractivity contribution in [2.45, 2.75) is 12.1 Å². The first-order valence-corrected chi connectivity index (χ1v) is 3.94. The first-order chi connectivity index (χ1) is 5.77. The number of hydrogen-bond donors (Lipinski definition) is 2. The molecule has 1 fully saturated rings. The van der Waals surface area contributed by atoms with Crippen molar-refractivity contribution >= 4 is 0 Å². The topological polar surface area (TPSA) is 32.3 Å². The minimum atomic E-state index is -0.324. The lowest BCUT2D eigenvalue weighted by Crippen LogP contribution is -2.49. The monoisotopic (exact) mass is 167 g/mol. The molecule has 2 nitrogen and oxygen atoms in total. The van der Waals surface area contributed by atoms with Crippen LogP contribution in [-0.2, 0) is 0 Å². The van der Waals surface area contributed by atoms with Crippen LogP contribution in [0.3, 0.4) is 0 Å². The summed E-state index contributed by atoms with van der Waals surface area (Å²) in [5.74, 6) is -0.243. The van der Waals surface area contributed by atoms with Crippen LogP contribution in [0.25, 0.3) is 0 Å².